The van der Waals surface area contributed by atoms with Crippen molar-refractivity contribution in [1.29, 1.82) is 0 Å². The average molecular weight is 353 g/mol. The molecule has 4 nitrogen and oxygen atoms in total. The summed E-state index contributed by atoms with van der Waals surface area (Å²) in [5.41, 5.74) is 6.44. The van der Waals surface area contributed by atoms with Gasteiger partial charge in [0.2, 0.25) is 0 Å². The highest BCUT2D eigenvalue weighted by atomic mass is 127. The Labute approximate surface area is 121 Å². The lowest BCUT2D eigenvalue weighted by Crippen LogP contribution is -2.48. The minimum Gasteiger partial charge on any atom is -0.375 e. The molecule has 0 aromatic heterocycles. The van der Waals surface area contributed by atoms with Crippen molar-refractivity contribution in [2.24, 2.45) is 16.1 Å². The molecule has 1 aliphatic carbocycles. The predicted octanol–water partition coefficient (Wildman–Crippen LogP) is 1.83. The number of halogens is 1. The van der Waals surface area contributed by atoms with E-state index in [4.69, 9.17) is 10.5 Å². The van der Waals surface area contributed by atoms with Crippen LogP contribution in [0.1, 0.15) is 33.1 Å². The van der Waals surface area contributed by atoms with Gasteiger partial charge >= 0.3 is 0 Å². The van der Waals surface area contributed by atoms with E-state index in [2.05, 4.69) is 23.7 Å². The molecule has 1 atom stereocenters. The first-order valence-electron chi connectivity index (χ1n) is 6.26. The Balaban J connectivity index is 0.00000144. The molecule has 1 heterocycles. The molecule has 2 fully saturated rings. The topological polar surface area (TPSA) is 50.8 Å². The number of hydrogen-bond donors (Lipinski definition) is 1. The molecule has 0 radical (unpaired) electrons. The third kappa shape index (κ3) is 3.98. The molecule has 2 N–H and O–H groups in total. The van der Waals surface area contributed by atoms with Crippen LogP contribution < -0.4 is 5.73 Å². The molecule has 1 saturated heterocycles. The molecule has 0 aromatic carbocycles. The number of nitrogens with zero attached hydrogens (tertiary/aromatic N) is 2. The number of nitrogens with two attached hydrogens (primary N) is 1. The first-order chi connectivity index (χ1) is 7.59. The number of guanidine groups is 1. The van der Waals surface area contributed by atoms with E-state index in [9.17, 15) is 0 Å². The number of morpholine rings is 1. The van der Waals surface area contributed by atoms with Gasteiger partial charge in [-0.1, -0.05) is 13.3 Å². The smallest absolute Gasteiger partial charge is 0.191 e. The summed E-state index contributed by atoms with van der Waals surface area (Å²) < 4.78 is 5.48. The molecule has 1 unspecified atom stereocenters. The molecule has 0 bridgehead atoms. The summed E-state index contributed by atoms with van der Waals surface area (Å²) in [6.07, 6.45) is 4.20. The molecule has 0 aromatic rings. The Bertz CT molecular complexity index is 279. The van der Waals surface area contributed by atoms with Crippen molar-refractivity contribution in [2.45, 2.75) is 39.2 Å². The maximum absolute atomic E-state index is 6.02. The molecule has 2 rings (SSSR count). The highest BCUT2D eigenvalue weighted by molar-refractivity contribution is 14.0. The van der Waals surface area contributed by atoms with Crippen LogP contribution in [0.5, 0.6) is 0 Å². The van der Waals surface area contributed by atoms with Gasteiger partial charge in [0, 0.05) is 19.6 Å². The van der Waals surface area contributed by atoms with Gasteiger partial charge in [0.05, 0.1) is 12.7 Å². The van der Waals surface area contributed by atoms with Crippen LogP contribution in [0.15, 0.2) is 4.99 Å². The van der Waals surface area contributed by atoms with Crippen LogP contribution in [0.25, 0.3) is 0 Å². The lowest BCUT2D eigenvalue weighted by molar-refractivity contribution is 0.00516. The standard InChI is InChI=1S/C12H23N3O.HI/c1-10-8-15(6-7-16-10)11(13)14-9-12(2)4-3-5-12;/h10H,3-9H2,1-2H3,(H2,13,14);1H. The van der Waals surface area contributed by atoms with Crippen molar-refractivity contribution in [3.05, 3.63) is 0 Å². The Kier molecular flexibility index (Phi) is 5.50. The van der Waals surface area contributed by atoms with E-state index in [-0.39, 0.29) is 30.1 Å². The number of hydrogen-bond acceptors (Lipinski definition) is 2. The first-order valence-corrected chi connectivity index (χ1v) is 6.26. The lowest BCUT2D eigenvalue weighted by atomic mass is 9.71. The monoisotopic (exact) mass is 353 g/mol. The largest absolute Gasteiger partial charge is 0.375 e. The zero-order valence-electron chi connectivity index (χ0n) is 10.8. The van der Waals surface area contributed by atoms with Crippen LogP contribution in [-0.2, 0) is 4.74 Å². The van der Waals surface area contributed by atoms with Gasteiger partial charge in [-0.25, -0.2) is 0 Å². The average Bonchev–Trinajstić information content (AvgIpc) is 2.23. The van der Waals surface area contributed by atoms with E-state index in [1.54, 1.807) is 0 Å². The Morgan fingerprint density at radius 1 is 1.53 bits per heavy atom. The normalized spacial score (nSPS) is 28.2. The second kappa shape index (κ2) is 6.22. The molecule has 0 amide bonds. The number of ether oxygens (including phenoxy) is 1. The van der Waals surface area contributed by atoms with Crippen LogP contribution >= 0.6 is 24.0 Å². The second-order valence-corrected chi connectivity index (χ2v) is 5.47. The molecule has 2 aliphatic rings. The van der Waals surface area contributed by atoms with E-state index >= 15 is 0 Å². The van der Waals surface area contributed by atoms with Crippen LogP contribution in [0, 0.1) is 5.41 Å². The lowest BCUT2D eigenvalue weighted by Gasteiger charge is -2.37. The van der Waals surface area contributed by atoms with Gasteiger partial charge in [-0.05, 0) is 25.2 Å². The summed E-state index contributed by atoms with van der Waals surface area (Å²) in [6, 6.07) is 0. The summed E-state index contributed by atoms with van der Waals surface area (Å²) in [5, 5.41) is 0. The summed E-state index contributed by atoms with van der Waals surface area (Å²) in [7, 11) is 0. The molecule has 100 valence electrons. The summed E-state index contributed by atoms with van der Waals surface area (Å²) >= 11 is 0. The molecule has 1 saturated carbocycles. The highest BCUT2D eigenvalue weighted by Gasteiger charge is 2.31. The van der Waals surface area contributed by atoms with Gasteiger partial charge in [0.15, 0.2) is 5.96 Å². The van der Waals surface area contributed by atoms with E-state index in [0.717, 1.165) is 26.2 Å². The van der Waals surface area contributed by atoms with Crippen molar-refractivity contribution in [1.82, 2.24) is 4.90 Å². The fourth-order valence-electron chi connectivity index (χ4n) is 2.34. The van der Waals surface area contributed by atoms with E-state index in [1.165, 1.54) is 19.3 Å². The first kappa shape index (κ1) is 15.0. The molecule has 1 aliphatic heterocycles. The van der Waals surface area contributed by atoms with Crippen LogP contribution in [-0.4, -0.2) is 43.2 Å². The Hall–Kier alpha value is -0.0400. The molecular formula is C12H24IN3O. The summed E-state index contributed by atoms with van der Waals surface area (Å²) in [5.74, 6) is 0.697. The second-order valence-electron chi connectivity index (χ2n) is 5.47. The van der Waals surface area contributed by atoms with Crippen molar-refractivity contribution in [3.8, 4) is 0 Å². The van der Waals surface area contributed by atoms with Crippen LogP contribution in [0.4, 0.5) is 0 Å². The number of rotatable bonds is 2. The van der Waals surface area contributed by atoms with Crippen molar-refractivity contribution in [2.75, 3.05) is 26.2 Å². The maximum Gasteiger partial charge on any atom is 0.191 e. The summed E-state index contributed by atoms with van der Waals surface area (Å²) in [6.45, 7) is 7.75. The van der Waals surface area contributed by atoms with Gasteiger partial charge in [-0.2, -0.15) is 0 Å². The minimum atomic E-state index is 0. The minimum absolute atomic E-state index is 0. The van der Waals surface area contributed by atoms with Gasteiger partial charge in [-0.3, -0.25) is 4.99 Å². The molecule has 0 spiro atoms. The number of aliphatic imine (C=N–C) groups is 1. The van der Waals surface area contributed by atoms with E-state index in [1.807, 2.05) is 0 Å². The predicted molar refractivity (Wildman–Crippen MR) is 80.8 cm³/mol. The fourth-order valence-corrected chi connectivity index (χ4v) is 2.34. The van der Waals surface area contributed by atoms with Crippen LogP contribution in [0.3, 0.4) is 0 Å². The van der Waals surface area contributed by atoms with Crippen molar-refractivity contribution in [3.63, 3.8) is 0 Å². The van der Waals surface area contributed by atoms with Crippen molar-refractivity contribution < 1.29 is 4.74 Å². The maximum atomic E-state index is 6.02. The van der Waals surface area contributed by atoms with Gasteiger partial charge in [0.25, 0.3) is 0 Å². The van der Waals surface area contributed by atoms with Gasteiger partial charge in [0.1, 0.15) is 0 Å². The summed E-state index contributed by atoms with van der Waals surface area (Å²) in [4.78, 5) is 6.68. The third-order valence-electron chi connectivity index (χ3n) is 3.75. The molecular weight excluding hydrogens is 329 g/mol. The van der Waals surface area contributed by atoms with Crippen LogP contribution in [0.2, 0.25) is 0 Å². The fraction of sp³-hybridized carbons (Fsp3) is 0.917. The van der Waals surface area contributed by atoms with Crippen molar-refractivity contribution >= 4 is 29.9 Å². The van der Waals surface area contributed by atoms with Gasteiger partial charge in [-0.15, -0.1) is 24.0 Å². The van der Waals surface area contributed by atoms with Gasteiger partial charge < -0.3 is 15.4 Å². The highest BCUT2D eigenvalue weighted by Crippen LogP contribution is 2.40. The zero-order chi connectivity index (χ0) is 11.6. The Morgan fingerprint density at radius 2 is 2.24 bits per heavy atom. The zero-order valence-corrected chi connectivity index (χ0v) is 13.1. The van der Waals surface area contributed by atoms with E-state index in [0.29, 0.717) is 11.4 Å². The quantitative estimate of drug-likeness (QED) is 0.468. The SMILES string of the molecule is CC1CN(C(N)=NCC2(C)CCC2)CCO1.I. The molecule has 17 heavy (non-hydrogen) atoms. The molecule has 5 heteroatoms. The van der Waals surface area contributed by atoms with E-state index < -0.39 is 0 Å². The third-order valence-corrected chi connectivity index (χ3v) is 3.75. The Morgan fingerprint density at radius 3 is 2.76 bits per heavy atom.